The van der Waals surface area contributed by atoms with E-state index in [0.29, 0.717) is 18.7 Å². The second kappa shape index (κ2) is 8.11. The van der Waals surface area contributed by atoms with Crippen LogP contribution >= 0.6 is 0 Å². The molecule has 3 aromatic rings. The molecule has 4 heteroatoms. The number of hydrogen-bond donors (Lipinski definition) is 0. The predicted octanol–water partition coefficient (Wildman–Crippen LogP) is 3.75. The molecule has 0 aliphatic rings. The van der Waals surface area contributed by atoms with Crippen molar-refractivity contribution >= 4 is 16.8 Å². The first-order valence-electron chi connectivity index (χ1n) is 8.88. The first-order valence-corrected chi connectivity index (χ1v) is 8.88. The Morgan fingerprint density at radius 2 is 1.73 bits per heavy atom. The standard InChI is InChI=1S/C22H25N3O/c1-17-11-12-20(21-19(17)10-7-13-23-21)22(26)25(15-14-24(2)3)16-18-8-5-4-6-9-18/h4-13H,14-16H2,1-3H3. The number of aromatic nitrogens is 1. The summed E-state index contributed by atoms with van der Waals surface area (Å²) >= 11 is 0. The number of amides is 1. The van der Waals surface area contributed by atoms with Crippen LogP contribution < -0.4 is 0 Å². The number of rotatable bonds is 6. The van der Waals surface area contributed by atoms with E-state index in [0.717, 1.165) is 28.6 Å². The molecule has 3 rings (SSSR count). The van der Waals surface area contributed by atoms with Gasteiger partial charge in [0.05, 0.1) is 11.1 Å². The van der Waals surface area contributed by atoms with Crippen molar-refractivity contribution in [1.82, 2.24) is 14.8 Å². The van der Waals surface area contributed by atoms with Crippen molar-refractivity contribution in [2.45, 2.75) is 13.5 Å². The molecule has 0 spiro atoms. The summed E-state index contributed by atoms with van der Waals surface area (Å²) in [6.07, 6.45) is 1.75. The number of carbonyl (C=O) groups is 1. The Kier molecular flexibility index (Phi) is 5.64. The molecule has 0 aliphatic carbocycles. The van der Waals surface area contributed by atoms with Crippen molar-refractivity contribution in [2.75, 3.05) is 27.2 Å². The molecule has 0 N–H and O–H groups in total. The number of nitrogens with zero attached hydrogens (tertiary/aromatic N) is 3. The molecule has 134 valence electrons. The molecular weight excluding hydrogens is 322 g/mol. The van der Waals surface area contributed by atoms with E-state index in [9.17, 15) is 4.79 Å². The van der Waals surface area contributed by atoms with Gasteiger partial charge in [-0.1, -0.05) is 42.5 Å². The molecule has 0 fully saturated rings. The predicted molar refractivity (Wildman–Crippen MR) is 106 cm³/mol. The zero-order valence-electron chi connectivity index (χ0n) is 15.6. The van der Waals surface area contributed by atoms with Gasteiger partial charge in [-0.05, 0) is 44.3 Å². The molecule has 0 saturated carbocycles. The van der Waals surface area contributed by atoms with E-state index in [1.807, 2.05) is 68.4 Å². The number of carbonyl (C=O) groups excluding carboxylic acids is 1. The van der Waals surface area contributed by atoms with E-state index in [1.54, 1.807) is 6.20 Å². The van der Waals surface area contributed by atoms with Crippen LogP contribution in [-0.2, 0) is 6.54 Å². The molecule has 26 heavy (non-hydrogen) atoms. The lowest BCUT2D eigenvalue weighted by Gasteiger charge is -2.25. The van der Waals surface area contributed by atoms with Crippen LogP contribution in [0.15, 0.2) is 60.8 Å². The van der Waals surface area contributed by atoms with Gasteiger partial charge in [-0.3, -0.25) is 9.78 Å². The van der Waals surface area contributed by atoms with Gasteiger partial charge < -0.3 is 9.80 Å². The second-order valence-electron chi connectivity index (χ2n) is 6.85. The summed E-state index contributed by atoms with van der Waals surface area (Å²) in [7, 11) is 4.04. The van der Waals surface area contributed by atoms with Crippen molar-refractivity contribution < 1.29 is 4.79 Å². The quantitative estimate of drug-likeness (QED) is 0.681. The summed E-state index contributed by atoms with van der Waals surface area (Å²) in [5.41, 5.74) is 3.71. The van der Waals surface area contributed by atoms with Gasteiger partial charge in [0.2, 0.25) is 0 Å². The monoisotopic (exact) mass is 347 g/mol. The Bertz CT molecular complexity index is 890. The van der Waals surface area contributed by atoms with Crippen LogP contribution in [0.1, 0.15) is 21.5 Å². The first kappa shape index (κ1) is 18.1. The Labute approximate surface area is 155 Å². The van der Waals surface area contributed by atoms with Crippen molar-refractivity contribution in [1.29, 1.82) is 0 Å². The molecule has 4 nitrogen and oxygen atoms in total. The lowest BCUT2D eigenvalue weighted by Crippen LogP contribution is -2.36. The molecule has 0 bridgehead atoms. The highest BCUT2D eigenvalue weighted by atomic mass is 16.2. The normalized spacial score (nSPS) is 11.1. The van der Waals surface area contributed by atoms with Crippen molar-refractivity contribution in [3.05, 3.63) is 77.5 Å². The van der Waals surface area contributed by atoms with E-state index in [4.69, 9.17) is 0 Å². The fraction of sp³-hybridized carbons (Fsp3) is 0.273. The first-order chi connectivity index (χ1) is 12.6. The third kappa shape index (κ3) is 4.09. The molecule has 1 aromatic heterocycles. The zero-order chi connectivity index (χ0) is 18.5. The minimum absolute atomic E-state index is 0.0272. The topological polar surface area (TPSA) is 36.4 Å². The Morgan fingerprint density at radius 1 is 0.962 bits per heavy atom. The highest BCUT2D eigenvalue weighted by Crippen LogP contribution is 2.22. The van der Waals surface area contributed by atoms with Gasteiger partial charge in [-0.2, -0.15) is 0 Å². The molecule has 0 saturated heterocycles. The maximum absolute atomic E-state index is 13.4. The fourth-order valence-corrected chi connectivity index (χ4v) is 3.04. The molecule has 0 radical (unpaired) electrons. The molecule has 0 atom stereocenters. The summed E-state index contributed by atoms with van der Waals surface area (Å²) in [4.78, 5) is 21.8. The number of likely N-dealkylation sites (N-methyl/N-ethyl adjacent to an activating group) is 1. The van der Waals surface area contributed by atoms with Gasteiger partial charge in [0.25, 0.3) is 5.91 Å². The van der Waals surface area contributed by atoms with Crippen molar-refractivity contribution in [2.24, 2.45) is 0 Å². The van der Waals surface area contributed by atoms with Gasteiger partial charge >= 0.3 is 0 Å². The lowest BCUT2D eigenvalue weighted by molar-refractivity contribution is 0.0734. The number of fused-ring (bicyclic) bond motifs is 1. The van der Waals surface area contributed by atoms with Gasteiger partial charge in [-0.25, -0.2) is 0 Å². The summed E-state index contributed by atoms with van der Waals surface area (Å²) in [5.74, 6) is 0.0272. The van der Waals surface area contributed by atoms with Crippen LogP contribution in [0.5, 0.6) is 0 Å². The minimum Gasteiger partial charge on any atom is -0.333 e. The van der Waals surface area contributed by atoms with E-state index in [-0.39, 0.29) is 5.91 Å². The SMILES string of the molecule is Cc1ccc(C(=O)N(CCN(C)C)Cc2ccccc2)c2ncccc12. The van der Waals surface area contributed by atoms with E-state index in [2.05, 4.69) is 22.0 Å². The maximum Gasteiger partial charge on any atom is 0.256 e. The van der Waals surface area contributed by atoms with Gasteiger partial charge in [0, 0.05) is 31.2 Å². The van der Waals surface area contributed by atoms with E-state index < -0.39 is 0 Å². The molecular formula is C22H25N3O. The summed E-state index contributed by atoms with van der Waals surface area (Å²) in [5, 5.41) is 1.03. The zero-order valence-corrected chi connectivity index (χ0v) is 15.6. The van der Waals surface area contributed by atoms with Gasteiger partial charge in [-0.15, -0.1) is 0 Å². The summed E-state index contributed by atoms with van der Waals surface area (Å²) in [6.45, 7) is 4.13. The van der Waals surface area contributed by atoms with Crippen LogP contribution in [0, 0.1) is 6.92 Å². The number of benzene rings is 2. The highest BCUT2D eigenvalue weighted by Gasteiger charge is 2.19. The van der Waals surface area contributed by atoms with Crippen molar-refractivity contribution in [3.63, 3.8) is 0 Å². The minimum atomic E-state index is 0.0272. The molecule has 0 aliphatic heterocycles. The molecule has 1 amide bonds. The number of hydrogen-bond acceptors (Lipinski definition) is 3. The molecule has 2 aromatic carbocycles. The third-order valence-corrected chi connectivity index (χ3v) is 4.54. The second-order valence-corrected chi connectivity index (χ2v) is 6.85. The number of aryl methyl sites for hydroxylation is 1. The highest BCUT2D eigenvalue weighted by molar-refractivity contribution is 6.06. The van der Waals surface area contributed by atoms with E-state index in [1.165, 1.54) is 0 Å². The van der Waals surface area contributed by atoms with E-state index >= 15 is 0 Å². The Balaban J connectivity index is 1.95. The van der Waals surface area contributed by atoms with Crippen LogP contribution in [0.2, 0.25) is 0 Å². The molecule has 0 unspecified atom stereocenters. The summed E-state index contributed by atoms with van der Waals surface area (Å²) < 4.78 is 0. The largest absolute Gasteiger partial charge is 0.333 e. The lowest BCUT2D eigenvalue weighted by atomic mass is 10.0. The van der Waals surface area contributed by atoms with Crippen molar-refractivity contribution in [3.8, 4) is 0 Å². The van der Waals surface area contributed by atoms with Gasteiger partial charge in [0.1, 0.15) is 0 Å². The smallest absolute Gasteiger partial charge is 0.256 e. The van der Waals surface area contributed by atoms with Crippen LogP contribution in [-0.4, -0.2) is 47.9 Å². The Morgan fingerprint density at radius 3 is 2.46 bits per heavy atom. The average molecular weight is 347 g/mol. The average Bonchev–Trinajstić information content (AvgIpc) is 2.66. The third-order valence-electron chi connectivity index (χ3n) is 4.54. The van der Waals surface area contributed by atoms with Crippen LogP contribution in [0.4, 0.5) is 0 Å². The Hall–Kier alpha value is -2.72. The maximum atomic E-state index is 13.4. The summed E-state index contributed by atoms with van der Waals surface area (Å²) in [6, 6.07) is 18.0. The van der Waals surface area contributed by atoms with Gasteiger partial charge in [0.15, 0.2) is 0 Å². The van der Waals surface area contributed by atoms with Crippen LogP contribution in [0.25, 0.3) is 10.9 Å². The number of pyridine rings is 1. The molecule has 1 heterocycles. The van der Waals surface area contributed by atoms with Crippen LogP contribution in [0.3, 0.4) is 0 Å². The fourth-order valence-electron chi connectivity index (χ4n) is 3.04.